The molecule has 1 aliphatic heterocycles. The Labute approximate surface area is 263 Å². The number of aromatic nitrogens is 1. The van der Waals surface area contributed by atoms with E-state index < -0.39 is 10.8 Å². The van der Waals surface area contributed by atoms with E-state index in [0.717, 1.165) is 41.4 Å². The van der Waals surface area contributed by atoms with E-state index in [1.54, 1.807) is 0 Å². The molecular weight excluding hydrogens is 597 g/mol. The normalized spacial score (nSPS) is 20.7. The molecule has 0 radical (unpaired) electrons. The topological polar surface area (TPSA) is 33.4 Å². The number of nitrogens with zero attached hydrogens (tertiary/aromatic N) is 2. The van der Waals surface area contributed by atoms with Crippen molar-refractivity contribution in [2.75, 3.05) is 11.4 Å². The molecule has 4 nitrogen and oxygen atoms in total. The zero-order valence-electron chi connectivity index (χ0n) is 24.0. The van der Waals surface area contributed by atoms with Crippen molar-refractivity contribution in [1.29, 1.82) is 0 Å². The van der Waals surface area contributed by atoms with Gasteiger partial charge < -0.3 is 9.08 Å². The Kier molecular flexibility index (Phi) is 8.96. The van der Waals surface area contributed by atoms with Crippen LogP contribution in [-0.4, -0.2) is 10.8 Å². The summed E-state index contributed by atoms with van der Waals surface area (Å²) in [6.07, 6.45) is 15.7. The van der Waals surface area contributed by atoms with E-state index in [9.17, 15) is 4.21 Å². The fourth-order valence-electron chi connectivity index (χ4n) is 5.95. The van der Waals surface area contributed by atoms with Gasteiger partial charge in [0.25, 0.3) is 5.01 Å². The van der Waals surface area contributed by atoms with Gasteiger partial charge in [-0.15, -0.1) is 0 Å². The first-order chi connectivity index (χ1) is 20.5. The Morgan fingerprint density at radius 1 is 1.12 bits per heavy atom. The molecule has 0 N–H and O–H groups in total. The number of thiazole rings is 1. The molecule has 0 saturated carbocycles. The summed E-state index contributed by atoms with van der Waals surface area (Å²) in [5.41, 5.74) is 6.65. The zero-order chi connectivity index (χ0) is 29.2. The van der Waals surface area contributed by atoms with Gasteiger partial charge in [0, 0.05) is 33.9 Å². The molecule has 0 amide bonds. The highest BCUT2D eigenvalue weighted by Gasteiger charge is 2.28. The number of hydrogen-bond donors (Lipinski definition) is 0. The lowest BCUT2D eigenvalue weighted by Gasteiger charge is -2.28. The fourth-order valence-corrected chi connectivity index (χ4v) is 9.40. The summed E-state index contributed by atoms with van der Waals surface area (Å²) in [4.78, 5) is 5.45. The number of hydrogen-bond acceptors (Lipinski definition) is 6. The molecule has 6 rings (SSSR count). The van der Waals surface area contributed by atoms with Crippen LogP contribution in [0, 0.1) is 5.92 Å². The molecule has 0 spiro atoms. The first kappa shape index (κ1) is 29.3. The van der Waals surface area contributed by atoms with Gasteiger partial charge >= 0.3 is 0 Å². The van der Waals surface area contributed by atoms with Crippen molar-refractivity contribution in [3.63, 3.8) is 0 Å². The quantitative estimate of drug-likeness (QED) is 0.133. The maximum Gasteiger partial charge on any atom is 0.263 e. The highest BCUT2D eigenvalue weighted by Crippen LogP contribution is 2.48. The molecule has 2 aromatic carbocycles. The van der Waals surface area contributed by atoms with Gasteiger partial charge in [-0.3, -0.25) is 0 Å². The van der Waals surface area contributed by atoms with Crippen molar-refractivity contribution in [2.24, 2.45) is 5.92 Å². The molecule has 3 aliphatic rings. The van der Waals surface area contributed by atoms with E-state index in [1.165, 1.54) is 78.4 Å². The van der Waals surface area contributed by atoms with Crippen molar-refractivity contribution in [2.45, 2.75) is 60.8 Å². The second-order valence-corrected chi connectivity index (χ2v) is 14.8. The maximum atomic E-state index is 12.3. The molecule has 42 heavy (non-hydrogen) atoms. The summed E-state index contributed by atoms with van der Waals surface area (Å²) in [6.45, 7) is 13.5. The van der Waals surface area contributed by atoms with Gasteiger partial charge in [0.05, 0.1) is 44.7 Å². The molecule has 8 heteroatoms. The van der Waals surface area contributed by atoms with Gasteiger partial charge in [-0.05, 0) is 98.6 Å². The molecule has 2 heterocycles. The highest BCUT2D eigenvalue weighted by molar-refractivity contribution is 8.03. The number of anilines is 1. The Bertz CT molecular complexity index is 1710. The maximum absolute atomic E-state index is 12.3. The Hall–Kier alpha value is -2.78. The second-order valence-electron chi connectivity index (χ2n) is 10.4. The van der Waals surface area contributed by atoms with Crippen LogP contribution in [0.3, 0.4) is 0 Å². The predicted octanol–water partition coefficient (Wildman–Crippen LogP) is 9.54. The Morgan fingerprint density at radius 2 is 1.98 bits per heavy atom. The van der Waals surface area contributed by atoms with Gasteiger partial charge in [0.2, 0.25) is 5.52 Å². The van der Waals surface area contributed by atoms with Crippen molar-refractivity contribution < 1.29 is 13.0 Å². The molecule has 2 aliphatic carbocycles. The van der Waals surface area contributed by atoms with Crippen LogP contribution < -0.4 is 9.47 Å². The lowest BCUT2D eigenvalue weighted by atomic mass is 9.77. The predicted molar refractivity (Wildman–Crippen MR) is 181 cm³/mol. The van der Waals surface area contributed by atoms with E-state index in [0.29, 0.717) is 5.92 Å². The van der Waals surface area contributed by atoms with Crippen LogP contribution in [0.15, 0.2) is 116 Å². The van der Waals surface area contributed by atoms with Crippen LogP contribution in [0.4, 0.5) is 5.69 Å². The summed E-state index contributed by atoms with van der Waals surface area (Å²) < 4.78 is 21.4. The Balaban J connectivity index is 1.28. The van der Waals surface area contributed by atoms with Crippen LogP contribution in [0.5, 0.6) is 0 Å². The smallest absolute Gasteiger partial charge is 0.263 e. The zero-order valence-corrected chi connectivity index (χ0v) is 27.3. The molecule has 3 aromatic rings. The Morgan fingerprint density at radius 3 is 2.76 bits per heavy atom. The van der Waals surface area contributed by atoms with Gasteiger partial charge in [0.15, 0.2) is 0 Å². The molecule has 0 bridgehead atoms. The highest BCUT2D eigenvalue weighted by atomic mass is 32.2. The molecule has 0 saturated heterocycles. The van der Waals surface area contributed by atoms with E-state index >= 15 is 0 Å². The largest absolute Gasteiger partial charge is 0.429 e. The summed E-state index contributed by atoms with van der Waals surface area (Å²) in [7, 11) is -1.18. The second kappa shape index (κ2) is 12.8. The third kappa shape index (κ3) is 5.87. The van der Waals surface area contributed by atoms with E-state index in [-0.39, 0.29) is 0 Å². The molecule has 1 aromatic heterocycles. The number of benzene rings is 2. The minimum atomic E-state index is -1.18. The lowest BCUT2D eigenvalue weighted by molar-refractivity contribution is -0.665. The summed E-state index contributed by atoms with van der Waals surface area (Å²) in [5.74, 6) is 0.640. The monoisotopic (exact) mass is 631 g/mol. The average molecular weight is 632 g/mol. The lowest BCUT2D eigenvalue weighted by Crippen LogP contribution is -2.33. The van der Waals surface area contributed by atoms with Crippen LogP contribution in [0.1, 0.15) is 44.5 Å². The van der Waals surface area contributed by atoms with Crippen molar-refractivity contribution >= 4 is 67.9 Å². The van der Waals surface area contributed by atoms with Gasteiger partial charge in [-0.1, -0.05) is 48.4 Å². The van der Waals surface area contributed by atoms with E-state index in [4.69, 9.17) is 4.18 Å². The van der Waals surface area contributed by atoms with Crippen molar-refractivity contribution in [1.82, 2.24) is 0 Å². The number of allylic oxidation sites excluding steroid dienone is 6. The summed E-state index contributed by atoms with van der Waals surface area (Å²) in [5, 5.41) is 4.04. The molecule has 0 fully saturated rings. The van der Waals surface area contributed by atoms with Gasteiger partial charge in [-0.25, -0.2) is 4.21 Å². The minimum absolute atomic E-state index is 0.640. The fraction of sp³-hybridized carbons (Fsp3) is 0.265. The molecule has 2 atom stereocenters. The van der Waals surface area contributed by atoms with Crippen molar-refractivity contribution in [3.05, 3.63) is 106 Å². The first-order valence-electron chi connectivity index (χ1n) is 14.4. The van der Waals surface area contributed by atoms with Crippen LogP contribution in [0.2, 0.25) is 0 Å². The van der Waals surface area contributed by atoms with Crippen LogP contribution >= 0.6 is 35.1 Å². The first-order valence-corrected chi connectivity index (χ1v) is 18.0. The number of thioether (sulfide) groups is 1. The van der Waals surface area contributed by atoms with Gasteiger partial charge in [0.1, 0.15) is 11.2 Å². The molecular formula is C34H35N2O2S4+. The third-order valence-electron chi connectivity index (χ3n) is 7.99. The van der Waals surface area contributed by atoms with E-state index in [2.05, 4.69) is 91.1 Å². The minimum Gasteiger partial charge on any atom is -0.429 e. The SMILES string of the molecule is C=COSc1ccc2sc(C=C3C=C4C=C(C=C5Sc6ccc(S(=O)C=C)cc6N5CC)CCC4CC3)[n+](CC)c2c1. The standard InChI is InChI=1S/C34H35N2O2S4/c1-5-35-29-21-27(41-38-7-3)13-15-31(29)39-33(35)19-23-9-11-25-12-10-24(18-26(25)17-23)20-34-36(6-2)30-22-28(42(37)8-4)14-16-32(30)40-34/h7-8,13-22,25H,3-6,9-12H2,1-2H3/q+1. The molecule has 216 valence electrons. The number of fused-ring (bicyclic) bond motifs is 3. The summed E-state index contributed by atoms with van der Waals surface area (Å²) in [6, 6.07) is 12.6. The molecule has 2 unspecified atom stereocenters. The third-order valence-corrected chi connectivity index (χ3v) is 11.9. The van der Waals surface area contributed by atoms with E-state index in [1.807, 2.05) is 29.2 Å². The number of rotatable bonds is 9. The van der Waals surface area contributed by atoms with Gasteiger partial charge in [-0.2, -0.15) is 4.57 Å². The van der Waals surface area contributed by atoms with Crippen LogP contribution in [-0.2, 0) is 21.5 Å². The number of aryl methyl sites for hydroxylation is 1. The van der Waals surface area contributed by atoms with Crippen LogP contribution in [0.25, 0.3) is 16.3 Å². The average Bonchev–Trinajstić information content (AvgIpc) is 3.54. The van der Waals surface area contributed by atoms with Crippen molar-refractivity contribution in [3.8, 4) is 0 Å². The summed E-state index contributed by atoms with van der Waals surface area (Å²) >= 11 is 5.01.